The van der Waals surface area contributed by atoms with Crippen LogP contribution in [0.25, 0.3) is 0 Å². The van der Waals surface area contributed by atoms with Crippen LogP contribution in [0, 0.1) is 5.41 Å². The van der Waals surface area contributed by atoms with E-state index < -0.39 is 5.97 Å². The molecule has 0 spiro atoms. The van der Waals surface area contributed by atoms with Gasteiger partial charge in [-0.3, -0.25) is 0 Å². The van der Waals surface area contributed by atoms with Crippen LogP contribution in [0.3, 0.4) is 0 Å². The quantitative estimate of drug-likeness (QED) is 0.568. The monoisotopic (exact) mass is 264 g/mol. The zero-order valence-corrected chi connectivity index (χ0v) is 9.43. The summed E-state index contributed by atoms with van der Waals surface area (Å²) in [5.74, 6) is -0.932. The molecule has 0 aliphatic rings. The molecule has 0 aromatic rings. The van der Waals surface area contributed by atoms with E-state index in [1.807, 2.05) is 0 Å². The van der Waals surface area contributed by atoms with E-state index in [9.17, 15) is 9.90 Å². The van der Waals surface area contributed by atoms with Gasteiger partial charge in [0.05, 0.1) is 0 Å². The van der Waals surface area contributed by atoms with E-state index in [1.165, 1.54) is 0 Å². The van der Waals surface area contributed by atoms with Crippen LogP contribution < -0.4 is 5.11 Å². The topological polar surface area (TPSA) is 40.1 Å². The Morgan fingerprint density at radius 2 is 1.75 bits per heavy atom. The summed E-state index contributed by atoms with van der Waals surface area (Å²) in [6, 6.07) is 0. The van der Waals surface area contributed by atoms with Crippen LogP contribution in [0.4, 0.5) is 0 Å². The van der Waals surface area contributed by atoms with Crippen molar-refractivity contribution in [1.82, 2.24) is 0 Å². The van der Waals surface area contributed by atoms with Gasteiger partial charge in [-0.2, -0.15) is 0 Å². The summed E-state index contributed by atoms with van der Waals surface area (Å²) in [7, 11) is 0. The molecule has 0 heterocycles. The fourth-order valence-corrected chi connectivity index (χ4v) is 0.925. The minimum absolute atomic E-state index is 0. The van der Waals surface area contributed by atoms with Gasteiger partial charge in [-0.05, 0) is 24.7 Å². The first-order valence-electron chi connectivity index (χ1n) is 4.12. The predicted molar refractivity (Wildman–Crippen MR) is 42.9 cm³/mol. The third-order valence-corrected chi connectivity index (χ3v) is 1.56. The third-order valence-electron chi connectivity index (χ3n) is 1.56. The molecule has 0 saturated carbocycles. The molecule has 2 nitrogen and oxygen atoms in total. The van der Waals surface area contributed by atoms with Crippen molar-refractivity contribution in [2.24, 2.45) is 5.41 Å². The number of carboxylic acid groups (broad SMARTS) is 1. The molecule has 0 radical (unpaired) electrons. The van der Waals surface area contributed by atoms with Crippen molar-refractivity contribution >= 4 is 5.97 Å². The number of rotatable bonds is 4. The van der Waals surface area contributed by atoms with Crippen molar-refractivity contribution in [3.8, 4) is 0 Å². The minimum Gasteiger partial charge on any atom is -0.550 e. The summed E-state index contributed by atoms with van der Waals surface area (Å²) < 4.78 is 0. The molecule has 12 heavy (non-hydrogen) atoms. The van der Waals surface area contributed by atoms with Gasteiger partial charge in [0.25, 0.3) is 0 Å². The molecule has 0 aromatic carbocycles. The number of aliphatic carboxylic acids is 1. The van der Waals surface area contributed by atoms with E-state index in [1.54, 1.807) is 0 Å². The van der Waals surface area contributed by atoms with Gasteiger partial charge in [0, 0.05) is 5.97 Å². The molecule has 76 valence electrons. The summed E-state index contributed by atoms with van der Waals surface area (Å²) in [5.41, 5.74) is 0.325. The van der Waals surface area contributed by atoms with Crippen molar-refractivity contribution < 1.29 is 32.3 Å². The van der Waals surface area contributed by atoms with Crippen LogP contribution in [0.5, 0.6) is 0 Å². The van der Waals surface area contributed by atoms with Crippen LogP contribution in [0.1, 0.15) is 46.5 Å². The van der Waals surface area contributed by atoms with Gasteiger partial charge in [-0.15, -0.1) is 0 Å². The van der Waals surface area contributed by atoms with Gasteiger partial charge in [-0.1, -0.05) is 27.2 Å². The van der Waals surface area contributed by atoms with Gasteiger partial charge >= 0.3 is 22.4 Å². The average Bonchev–Trinajstić information content (AvgIpc) is 1.78. The molecule has 0 unspecified atom stereocenters. The van der Waals surface area contributed by atoms with Crippen molar-refractivity contribution in [3.05, 3.63) is 0 Å². The zero-order valence-electron chi connectivity index (χ0n) is 7.95. The summed E-state index contributed by atoms with van der Waals surface area (Å²) >= 11 is 0. The summed E-state index contributed by atoms with van der Waals surface area (Å²) in [6.45, 7) is 6.48. The molecule has 0 N–H and O–H groups in total. The molecule has 0 aliphatic carbocycles. The van der Waals surface area contributed by atoms with Crippen LogP contribution in [0.15, 0.2) is 0 Å². The number of carbonyl (C=O) groups is 1. The minimum atomic E-state index is -0.932. The van der Waals surface area contributed by atoms with E-state index >= 15 is 0 Å². The van der Waals surface area contributed by atoms with Gasteiger partial charge in [0.2, 0.25) is 0 Å². The first kappa shape index (κ1) is 14.7. The second-order valence-corrected chi connectivity index (χ2v) is 4.14. The molecule has 0 atom stereocenters. The summed E-state index contributed by atoms with van der Waals surface area (Å²) in [6.07, 6.45) is 3.02. The van der Waals surface area contributed by atoms with E-state index in [-0.39, 0.29) is 28.8 Å². The fourth-order valence-electron chi connectivity index (χ4n) is 0.925. The number of unbranched alkanes of at least 4 members (excludes halogenated alkanes) is 1. The van der Waals surface area contributed by atoms with Gasteiger partial charge in [-0.25, -0.2) is 0 Å². The Morgan fingerprint density at radius 1 is 1.25 bits per heavy atom. The van der Waals surface area contributed by atoms with Gasteiger partial charge in [0.1, 0.15) is 0 Å². The van der Waals surface area contributed by atoms with Gasteiger partial charge < -0.3 is 9.90 Å². The maximum atomic E-state index is 10.0. The van der Waals surface area contributed by atoms with Crippen LogP contribution in [-0.4, -0.2) is 5.97 Å². The predicted octanol–water partition coefficient (Wildman–Crippen LogP) is 1.34. The number of hydrogen-bond acceptors (Lipinski definition) is 2. The molecule has 0 fully saturated rings. The third kappa shape index (κ3) is 12.8. The molecule has 0 rings (SSSR count). The molecule has 0 saturated heterocycles. The second-order valence-electron chi connectivity index (χ2n) is 4.14. The van der Waals surface area contributed by atoms with Crippen molar-refractivity contribution in [2.45, 2.75) is 46.5 Å². The van der Waals surface area contributed by atoms with Crippen LogP contribution in [-0.2, 0) is 27.2 Å². The van der Waals surface area contributed by atoms with E-state index in [4.69, 9.17) is 0 Å². The normalized spacial score (nSPS) is 10.6. The Kier molecular flexibility index (Phi) is 8.21. The largest absolute Gasteiger partial charge is 1.00 e. The smallest absolute Gasteiger partial charge is 0.550 e. The fraction of sp³-hybridized carbons (Fsp3) is 0.889. The van der Waals surface area contributed by atoms with Gasteiger partial charge in [0.15, 0.2) is 0 Å². The Morgan fingerprint density at radius 3 is 2.08 bits per heavy atom. The molecule has 0 bridgehead atoms. The molecule has 0 aliphatic heterocycles. The average molecular weight is 265 g/mol. The molecule has 0 amide bonds. The van der Waals surface area contributed by atoms with Crippen LogP contribution in [0.2, 0.25) is 0 Å². The van der Waals surface area contributed by atoms with Crippen molar-refractivity contribution in [2.75, 3.05) is 0 Å². The van der Waals surface area contributed by atoms with E-state index in [2.05, 4.69) is 20.8 Å². The van der Waals surface area contributed by atoms with E-state index in [0.29, 0.717) is 5.41 Å². The van der Waals surface area contributed by atoms with E-state index in [0.717, 1.165) is 19.3 Å². The Labute approximate surface area is 90.2 Å². The summed E-state index contributed by atoms with van der Waals surface area (Å²) in [5, 5.41) is 10.0. The van der Waals surface area contributed by atoms with Crippen molar-refractivity contribution in [1.29, 1.82) is 0 Å². The maximum Gasteiger partial charge on any atom is 1.00 e. The molecular weight excluding hydrogens is 248 g/mol. The molecule has 0 aromatic heterocycles. The number of carbonyl (C=O) groups excluding carboxylic acids is 1. The van der Waals surface area contributed by atoms with Crippen molar-refractivity contribution in [3.63, 3.8) is 0 Å². The second kappa shape index (κ2) is 6.70. The first-order valence-corrected chi connectivity index (χ1v) is 4.12. The van der Waals surface area contributed by atoms with Crippen LogP contribution >= 0.6 is 0 Å². The summed E-state index contributed by atoms with van der Waals surface area (Å²) in [4.78, 5) is 10.0. The SMILES string of the molecule is CC(C)(C)CCCCC(=O)[O-].[Ag+]. The number of carboxylic acids is 1. The zero-order chi connectivity index (χ0) is 8.91. The Balaban J connectivity index is 0. The number of hydrogen-bond donors (Lipinski definition) is 0. The standard InChI is InChI=1S/C9H18O2.Ag/c1-9(2,3)7-5-4-6-8(10)11;/h4-7H2,1-3H3,(H,10,11);/q;+1/p-1. The Bertz CT molecular complexity index is 127. The maximum absolute atomic E-state index is 10.0. The molecule has 3 heteroatoms. The first-order chi connectivity index (χ1) is 4.92. The Hall–Kier alpha value is 0.210. The molecular formula is C9H17AgO2.